The molecule has 1 heterocycles. The summed E-state index contributed by atoms with van der Waals surface area (Å²) < 4.78 is 2.11. The minimum atomic E-state index is -1.03. The van der Waals surface area contributed by atoms with Gasteiger partial charge in [-0.1, -0.05) is 57.0 Å². The van der Waals surface area contributed by atoms with Crippen LogP contribution in [0.15, 0.2) is 42.5 Å². The molecule has 3 N–H and O–H groups in total. The van der Waals surface area contributed by atoms with E-state index in [9.17, 15) is 24.0 Å². The van der Waals surface area contributed by atoms with E-state index in [1.54, 1.807) is 12.1 Å². The molecule has 0 bridgehead atoms. The van der Waals surface area contributed by atoms with E-state index in [2.05, 4.69) is 28.2 Å². The summed E-state index contributed by atoms with van der Waals surface area (Å²) in [6, 6.07) is 10.4. The second-order valence-electron chi connectivity index (χ2n) is 8.94. The molecule has 10 heteroatoms. The van der Waals surface area contributed by atoms with Gasteiger partial charge in [0.1, 0.15) is 18.4 Å². The van der Waals surface area contributed by atoms with Gasteiger partial charge in [-0.05, 0) is 41.7 Å². The summed E-state index contributed by atoms with van der Waals surface area (Å²) in [6.45, 7) is 4.01. The molecule has 1 aliphatic heterocycles. The molecule has 1 fully saturated rings. The molecule has 2 aromatic rings. The van der Waals surface area contributed by atoms with Gasteiger partial charge < -0.3 is 25.1 Å². The molecule has 1 saturated heterocycles. The number of benzene rings is 2. The van der Waals surface area contributed by atoms with Crippen molar-refractivity contribution in [3.05, 3.63) is 48.0 Å². The van der Waals surface area contributed by atoms with Crippen LogP contribution in [0.25, 0.3) is 10.8 Å². The maximum atomic E-state index is 13.4. The largest absolute Gasteiger partial charge is 0.344 e. The van der Waals surface area contributed by atoms with Crippen molar-refractivity contribution in [2.75, 3.05) is 6.54 Å². The molecule has 0 unspecified atom stereocenters. The van der Waals surface area contributed by atoms with E-state index in [1.165, 1.54) is 4.90 Å². The van der Waals surface area contributed by atoms with Crippen LogP contribution in [-0.2, 0) is 19.2 Å². The second-order valence-corrected chi connectivity index (χ2v) is 9.16. The summed E-state index contributed by atoms with van der Waals surface area (Å²) in [7, 11) is 0. The van der Waals surface area contributed by atoms with Crippen LogP contribution in [-0.4, -0.2) is 59.5 Å². The molecule has 0 aromatic heterocycles. The Kier molecular flexibility index (Phi) is 8.86. The van der Waals surface area contributed by atoms with Crippen molar-refractivity contribution >= 4 is 53.5 Å². The molecule has 0 saturated carbocycles. The standard InChI is InChI=1S/C25H30N4O5S/c1-15(2)22(27-23(32)18-10-9-16-6-3-4-7-17(16)12-18)25(34)29-11-5-8-20(29)24(33)26-19(14-30)13-21(31)28-35/h3-4,6-7,9-10,12,14-15,19-20,22,35H,5,8,11,13H2,1-2H3,(H,26,33)(H,27,32)(H,28,31)/t19-,20-,22-/m0/s1. The number of aldehydes is 1. The molecule has 186 valence electrons. The highest BCUT2D eigenvalue weighted by molar-refractivity contribution is 7.78. The number of thiol groups is 1. The third-order valence-electron chi connectivity index (χ3n) is 6.09. The predicted octanol–water partition coefficient (Wildman–Crippen LogP) is 1.62. The molecule has 2 aromatic carbocycles. The minimum Gasteiger partial charge on any atom is -0.344 e. The Bertz CT molecular complexity index is 1120. The molecule has 35 heavy (non-hydrogen) atoms. The Labute approximate surface area is 209 Å². The van der Waals surface area contributed by atoms with Crippen molar-refractivity contribution in [3.8, 4) is 0 Å². The Morgan fingerprint density at radius 3 is 2.46 bits per heavy atom. The highest BCUT2D eigenvalue weighted by Gasteiger charge is 2.39. The Hall–Kier alpha value is -3.40. The quantitative estimate of drug-likeness (QED) is 0.309. The first kappa shape index (κ1) is 26.2. The number of hydrogen-bond acceptors (Lipinski definition) is 6. The molecule has 0 spiro atoms. The zero-order valence-electron chi connectivity index (χ0n) is 19.7. The number of fused-ring (bicyclic) bond motifs is 1. The lowest BCUT2D eigenvalue weighted by atomic mass is 10.0. The van der Waals surface area contributed by atoms with Crippen molar-refractivity contribution in [1.29, 1.82) is 0 Å². The average molecular weight is 499 g/mol. The van der Waals surface area contributed by atoms with Crippen LogP contribution in [0.4, 0.5) is 0 Å². The summed E-state index contributed by atoms with van der Waals surface area (Å²) in [5.74, 6) is -1.98. The van der Waals surface area contributed by atoms with Crippen LogP contribution in [0.1, 0.15) is 43.5 Å². The Balaban J connectivity index is 1.72. The topological polar surface area (TPSA) is 125 Å². The molecular formula is C25H30N4O5S. The summed E-state index contributed by atoms with van der Waals surface area (Å²) in [5.41, 5.74) is 0.439. The number of nitrogens with zero attached hydrogens (tertiary/aromatic N) is 1. The molecule has 9 nitrogen and oxygen atoms in total. The molecule has 4 amide bonds. The lowest BCUT2D eigenvalue weighted by Crippen LogP contribution is -2.56. The maximum Gasteiger partial charge on any atom is 0.251 e. The fourth-order valence-corrected chi connectivity index (χ4v) is 4.30. The lowest BCUT2D eigenvalue weighted by Gasteiger charge is -2.31. The van der Waals surface area contributed by atoms with Crippen LogP contribution in [0, 0.1) is 5.92 Å². The van der Waals surface area contributed by atoms with Crippen molar-refractivity contribution in [2.24, 2.45) is 5.92 Å². The van der Waals surface area contributed by atoms with E-state index in [4.69, 9.17) is 0 Å². The zero-order chi connectivity index (χ0) is 25.5. The van der Waals surface area contributed by atoms with Gasteiger partial charge in [0.15, 0.2) is 0 Å². The zero-order valence-corrected chi connectivity index (χ0v) is 20.6. The van der Waals surface area contributed by atoms with Gasteiger partial charge in [0, 0.05) is 12.1 Å². The van der Waals surface area contributed by atoms with Gasteiger partial charge in [0.05, 0.1) is 12.5 Å². The number of likely N-dealkylation sites (tertiary alicyclic amines) is 1. The highest BCUT2D eigenvalue weighted by atomic mass is 32.1. The number of rotatable bonds is 9. The van der Waals surface area contributed by atoms with Gasteiger partial charge in [-0.2, -0.15) is 0 Å². The van der Waals surface area contributed by atoms with Crippen LogP contribution in [0.5, 0.6) is 0 Å². The molecule has 3 atom stereocenters. The van der Waals surface area contributed by atoms with Gasteiger partial charge in [0.2, 0.25) is 17.7 Å². The first-order chi connectivity index (χ1) is 16.7. The molecule has 1 aliphatic rings. The summed E-state index contributed by atoms with van der Waals surface area (Å²) in [4.78, 5) is 63.6. The third-order valence-corrected chi connectivity index (χ3v) is 6.34. The van der Waals surface area contributed by atoms with Crippen LogP contribution >= 0.6 is 12.8 Å². The SMILES string of the molecule is CC(C)[C@H](NC(=O)c1ccc2ccccc2c1)C(=O)N1CCC[C@H]1C(=O)N[C@H](C=O)CC(=O)NS. The number of amides is 4. The van der Waals surface area contributed by atoms with E-state index < -0.39 is 29.9 Å². The molecule has 0 aliphatic carbocycles. The van der Waals surface area contributed by atoms with Crippen LogP contribution in [0.2, 0.25) is 0 Å². The van der Waals surface area contributed by atoms with E-state index >= 15 is 0 Å². The van der Waals surface area contributed by atoms with Crippen molar-refractivity contribution in [2.45, 2.75) is 51.2 Å². The Morgan fingerprint density at radius 2 is 1.80 bits per heavy atom. The van der Waals surface area contributed by atoms with Gasteiger partial charge >= 0.3 is 0 Å². The monoisotopic (exact) mass is 498 g/mol. The maximum absolute atomic E-state index is 13.4. The first-order valence-corrected chi connectivity index (χ1v) is 12.0. The van der Waals surface area contributed by atoms with E-state index in [-0.39, 0.29) is 24.2 Å². The molecule has 3 rings (SSSR count). The highest BCUT2D eigenvalue weighted by Crippen LogP contribution is 2.21. The number of carbonyl (C=O) groups excluding carboxylic acids is 5. The van der Waals surface area contributed by atoms with E-state index in [0.717, 1.165) is 10.8 Å². The lowest BCUT2D eigenvalue weighted by molar-refractivity contribution is -0.141. The van der Waals surface area contributed by atoms with E-state index in [0.29, 0.717) is 31.2 Å². The average Bonchev–Trinajstić information content (AvgIpc) is 3.35. The van der Waals surface area contributed by atoms with Gasteiger partial charge in [0.25, 0.3) is 5.91 Å². The van der Waals surface area contributed by atoms with E-state index in [1.807, 2.05) is 44.2 Å². The van der Waals surface area contributed by atoms with Crippen molar-refractivity contribution in [3.63, 3.8) is 0 Å². The van der Waals surface area contributed by atoms with Crippen molar-refractivity contribution in [1.82, 2.24) is 20.3 Å². The van der Waals surface area contributed by atoms with Crippen molar-refractivity contribution < 1.29 is 24.0 Å². The molecule has 0 radical (unpaired) electrons. The minimum absolute atomic E-state index is 0.224. The van der Waals surface area contributed by atoms with Gasteiger partial charge in [-0.3, -0.25) is 19.2 Å². The fourth-order valence-electron chi connectivity index (χ4n) is 4.21. The fraction of sp³-hybridized carbons (Fsp3) is 0.400. The molecular weight excluding hydrogens is 468 g/mol. The normalized spacial score (nSPS) is 17.0. The first-order valence-electron chi connectivity index (χ1n) is 11.5. The van der Waals surface area contributed by atoms with Crippen LogP contribution in [0.3, 0.4) is 0 Å². The summed E-state index contributed by atoms with van der Waals surface area (Å²) in [6.07, 6.45) is 1.25. The third kappa shape index (κ3) is 6.39. The predicted molar refractivity (Wildman–Crippen MR) is 135 cm³/mol. The second kappa shape index (κ2) is 11.8. The number of hydrogen-bond donors (Lipinski definition) is 4. The number of nitrogens with one attached hydrogen (secondary N) is 3. The number of carbonyl (C=O) groups is 5. The van der Waals surface area contributed by atoms with Crippen LogP contribution < -0.4 is 15.4 Å². The van der Waals surface area contributed by atoms with Gasteiger partial charge in [-0.15, -0.1) is 0 Å². The summed E-state index contributed by atoms with van der Waals surface area (Å²) in [5, 5.41) is 7.29. The smallest absolute Gasteiger partial charge is 0.251 e. The summed E-state index contributed by atoms with van der Waals surface area (Å²) >= 11 is 3.65. The Morgan fingerprint density at radius 1 is 1.09 bits per heavy atom. The van der Waals surface area contributed by atoms with Gasteiger partial charge in [-0.25, -0.2) is 0 Å².